The van der Waals surface area contributed by atoms with E-state index in [1.54, 1.807) is 39.0 Å². The van der Waals surface area contributed by atoms with Crippen molar-refractivity contribution in [3.8, 4) is 17.2 Å². The molecule has 0 aliphatic heterocycles. The van der Waals surface area contributed by atoms with Crippen LogP contribution in [0.5, 0.6) is 17.2 Å². The van der Waals surface area contributed by atoms with Crippen LogP contribution in [-0.2, 0) is 41.7 Å². The molecule has 0 bridgehead atoms. The van der Waals surface area contributed by atoms with E-state index >= 15 is 0 Å². The normalized spacial score (nSPS) is 12.5. The SMILES string of the molecule is CCC(C)(C)c1ccc(OCCCC(=O)Nc2ccc(Cl)c(NC(=O)C(Oc3ccc(S(=O)(=O)c4cccc(OCc5ccccc5)c4)cc3)C(=O)C(C)(C)C)c2)c(C(C)(C)CC)c1. The van der Waals surface area contributed by atoms with Gasteiger partial charge in [-0.1, -0.05) is 122 Å². The molecule has 0 saturated heterocycles. The lowest BCUT2D eigenvalue weighted by molar-refractivity contribution is -0.140. The Morgan fingerprint density at radius 3 is 2.03 bits per heavy atom. The summed E-state index contributed by atoms with van der Waals surface area (Å²) in [5, 5.41) is 5.72. The van der Waals surface area contributed by atoms with Crippen LogP contribution in [0.2, 0.25) is 5.02 Å². The highest BCUT2D eigenvalue weighted by atomic mass is 35.5. The van der Waals surface area contributed by atoms with Crippen LogP contribution in [0.15, 0.2) is 125 Å². The van der Waals surface area contributed by atoms with E-state index in [0.717, 1.165) is 29.7 Å². The molecule has 0 saturated carbocycles. The summed E-state index contributed by atoms with van der Waals surface area (Å²) in [6.07, 6.45) is 0.976. The van der Waals surface area contributed by atoms with Gasteiger partial charge in [0.15, 0.2) is 5.78 Å². The third-order valence-corrected chi connectivity index (χ3v) is 13.6. The Balaban J connectivity index is 1.22. The molecule has 0 fully saturated rings. The summed E-state index contributed by atoms with van der Waals surface area (Å²) in [5.41, 5.74) is 2.85. The minimum Gasteiger partial charge on any atom is -0.493 e. The number of anilines is 2. The zero-order valence-electron chi connectivity index (χ0n) is 38.3. The second-order valence-electron chi connectivity index (χ2n) is 18.2. The minimum absolute atomic E-state index is 0.0205. The van der Waals surface area contributed by atoms with Crippen molar-refractivity contribution in [2.45, 2.75) is 121 Å². The maximum absolute atomic E-state index is 13.8. The van der Waals surface area contributed by atoms with Gasteiger partial charge in [-0.05, 0) is 108 Å². The molecule has 0 aromatic heterocycles. The fourth-order valence-corrected chi connectivity index (χ4v) is 8.06. The Morgan fingerprint density at radius 2 is 1.38 bits per heavy atom. The molecule has 10 nitrogen and oxygen atoms in total. The van der Waals surface area contributed by atoms with Gasteiger partial charge in [0.25, 0.3) is 5.91 Å². The standard InChI is InChI=1S/C52H61ClN2O8S/c1-10-51(6,7)36-22-29-45(42(31-36)52(8,9)11-2)61-30-16-21-46(56)54-37-23-28-43(53)44(32-37)55-49(58)47(48(57)50(3,4)5)63-38-24-26-40(27-25-38)64(59,60)41-20-15-19-39(33-41)62-34-35-17-13-12-14-18-35/h12-15,17-20,22-29,31-33,47H,10-11,16,21,30,34H2,1-9H3,(H,54,56)(H,55,58). The molecule has 12 heteroatoms. The maximum atomic E-state index is 13.8. The number of sulfone groups is 1. The van der Waals surface area contributed by atoms with Crippen molar-refractivity contribution in [2.24, 2.45) is 5.41 Å². The molecule has 1 unspecified atom stereocenters. The summed E-state index contributed by atoms with van der Waals surface area (Å²) in [6.45, 7) is 18.9. The zero-order chi connectivity index (χ0) is 46.9. The van der Waals surface area contributed by atoms with Crippen molar-refractivity contribution in [3.05, 3.63) is 137 Å². The number of benzene rings is 5. The molecule has 5 aromatic rings. The Bertz CT molecular complexity index is 2530. The lowest BCUT2D eigenvalue weighted by Gasteiger charge is -2.30. The molecule has 5 rings (SSSR count). The number of ketones is 1. The smallest absolute Gasteiger partial charge is 0.273 e. The summed E-state index contributed by atoms with van der Waals surface area (Å²) in [6, 6.07) is 32.3. The molecule has 0 heterocycles. The summed E-state index contributed by atoms with van der Waals surface area (Å²) in [4.78, 5) is 40.6. The fourth-order valence-electron chi connectivity index (χ4n) is 6.60. The van der Waals surface area contributed by atoms with Crippen molar-refractivity contribution in [3.63, 3.8) is 0 Å². The molecule has 0 radical (unpaired) electrons. The highest BCUT2D eigenvalue weighted by Crippen LogP contribution is 2.39. The quantitative estimate of drug-likeness (QED) is 0.0582. The topological polar surface area (TPSA) is 137 Å². The Kier molecular flexibility index (Phi) is 16.1. The maximum Gasteiger partial charge on any atom is 0.273 e. The number of carbonyl (C=O) groups is 3. The molecule has 2 amide bonds. The van der Waals surface area contributed by atoms with E-state index in [-0.39, 0.29) is 56.0 Å². The van der Waals surface area contributed by atoms with Crippen molar-refractivity contribution in [1.82, 2.24) is 0 Å². The van der Waals surface area contributed by atoms with Crippen molar-refractivity contribution < 1.29 is 37.0 Å². The Hall–Kier alpha value is -5.65. The second-order valence-corrected chi connectivity index (χ2v) is 20.6. The first kappa shape index (κ1) is 49.4. The van der Waals surface area contributed by atoms with Gasteiger partial charge in [-0.25, -0.2) is 8.42 Å². The van der Waals surface area contributed by atoms with Crippen LogP contribution < -0.4 is 24.8 Å². The highest BCUT2D eigenvalue weighted by molar-refractivity contribution is 7.91. The number of halogens is 1. The van der Waals surface area contributed by atoms with Crippen LogP contribution in [0.3, 0.4) is 0 Å². The third-order valence-electron chi connectivity index (χ3n) is 11.5. The zero-order valence-corrected chi connectivity index (χ0v) is 39.9. The number of hydrogen-bond donors (Lipinski definition) is 2. The molecule has 2 N–H and O–H groups in total. The predicted molar refractivity (Wildman–Crippen MR) is 255 cm³/mol. The van der Waals surface area contributed by atoms with Crippen LogP contribution in [0.25, 0.3) is 0 Å². The lowest BCUT2D eigenvalue weighted by atomic mass is 9.76. The van der Waals surface area contributed by atoms with E-state index in [1.807, 2.05) is 36.4 Å². The molecule has 0 aliphatic carbocycles. The molecule has 0 aliphatic rings. The summed E-state index contributed by atoms with van der Waals surface area (Å²) < 4.78 is 45.3. The minimum atomic E-state index is -3.97. The first-order valence-electron chi connectivity index (χ1n) is 21.7. The Labute approximate surface area is 384 Å². The van der Waals surface area contributed by atoms with Crippen LogP contribution in [-0.4, -0.2) is 38.7 Å². The van der Waals surface area contributed by atoms with E-state index in [0.29, 0.717) is 24.5 Å². The number of ether oxygens (including phenoxy) is 3. The van der Waals surface area contributed by atoms with Gasteiger partial charge in [0.05, 0.1) is 27.1 Å². The summed E-state index contributed by atoms with van der Waals surface area (Å²) in [7, 11) is -3.97. The number of amides is 2. The molecule has 340 valence electrons. The average molecular weight is 910 g/mol. The summed E-state index contributed by atoms with van der Waals surface area (Å²) >= 11 is 6.50. The average Bonchev–Trinajstić information content (AvgIpc) is 3.27. The van der Waals surface area contributed by atoms with E-state index in [1.165, 1.54) is 54.1 Å². The largest absolute Gasteiger partial charge is 0.493 e. The molecular formula is C52H61ClN2O8S. The summed E-state index contributed by atoms with van der Waals surface area (Å²) in [5.74, 6) is -0.272. The molecule has 64 heavy (non-hydrogen) atoms. The number of Topliss-reactive ketones (excluding diaryl/α,β-unsaturated/α-hetero) is 1. The number of nitrogens with one attached hydrogen (secondary N) is 2. The predicted octanol–water partition coefficient (Wildman–Crippen LogP) is 11.9. The Morgan fingerprint density at radius 1 is 0.688 bits per heavy atom. The number of carbonyl (C=O) groups excluding carboxylic acids is 3. The second kappa shape index (κ2) is 20.9. The van der Waals surface area contributed by atoms with E-state index in [9.17, 15) is 22.8 Å². The van der Waals surface area contributed by atoms with Crippen molar-refractivity contribution in [2.75, 3.05) is 17.2 Å². The monoisotopic (exact) mass is 908 g/mol. The van der Waals surface area contributed by atoms with Crippen LogP contribution in [0.1, 0.15) is 105 Å². The fraction of sp³-hybridized carbons (Fsp3) is 0.365. The molecule has 0 spiro atoms. The first-order chi connectivity index (χ1) is 30.1. The van der Waals surface area contributed by atoms with E-state index in [2.05, 4.69) is 64.3 Å². The molecular weight excluding hydrogens is 848 g/mol. The van der Waals surface area contributed by atoms with Gasteiger partial charge in [0, 0.05) is 23.1 Å². The number of rotatable bonds is 20. The van der Waals surface area contributed by atoms with Gasteiger partial charge >= 0.3 is 0 Å². The van der Waals surface area contributed by atoms with Crippen LogP contribution in [0.4, 0.5) is 11.4 Å². The van der Waals surface area contributed by atoms with E-state index in [4.69, 9.17) is 25.8 Å². The van der Waals surface area contributed by atoms with Gasteiger partial charge in [-0.15, -0.1) is 0 Å². The van der Waals surface area contributed by atoms with Crippen molar-refractivity contribution in [1.29, 1.82) is 0 Å². The van der Waals surface area contributed by atoms with Gasteiger partial charge in [0.2, 0.25) is 21.8 Å². The van der Waals surface area contributed by atoms with Crippen LogP contribution >= 0.6 is 11.6 Å². The highest BCUT2D eigenvalue weighted by Gasteiger charge is 2.37. The lowest BCUT2D eigenvalue weighted by Crippen LogP contribution is -2.45. The number of hydrogen-bond acceptors (Lipinski definition) is 8. The first-order valence-corrected chi connectivity index (χ1v) is 23.5. The molecule has 1 atom stereocenters. The third kappa shape index (κ3) is 12.8. The van der Waals surface area contributed by atoms with Gasteiger partial charge in [-0.3, -0.25) is 14.4 Å². The van der Waals surface area contributed by atoms with Crippen molar-refractivity contribution >= 4 is 50.4 Å². The van der Waals surface area contributed by atoms with Gasteiger partial charge < -0.3 is 24.8 Å². The molecule has 5 aromatic carbocycles. The van der Waals surface area contributed by atoms with Gasteiger partial charge in [0.1, 0.15) is 23.9 Å². The van der Waals surface area contributed by atoms with Gasteiger partial charge in [-0.2, -0.15) is 0 Å². The van der Waals surface area contributed by atoms with E-state index < -0.39 is 33.0 Å². The van der Waals surface area contributed by atoms with Crippen LogP contribution in [0, 0.1) is 5.41 Å².